The highest BCUT2D eigenvalue weighted by Gasteiger charge is 2.15. The lowest BCUT2D eigenvalue weighted by atomic mass is 10.1. The van der Waals surface area contributed by atoms with Crippen LogP contribution < -0.4 is 10.1 Å². The highest BCUT2D eigenvalue weighted by Crippen LogP contribution is 2.21. The largest absolute Gasteiger partial charge is 0.494 e. The molecule has 8 heteroatoms. The van der Waals surface area contributed by atoms with Crippen LogP contribution in [0.25, 0.3) is 0 Å². The number of unbranched alkanes of at least 4 members (excludes halogenated alkanes) is 1. The van der Waals surface area contributed by atoms with Crippen molar-refractivity contribution in [1.29, 1.82) is 0 Å². The van der Waals surface area contributed by atoms with Crippen LogP contribution >= 0.6 is 0 Å². The number of carboxylic acids is 1. The Morgan fingerprint density at radius 3 is 2.30 bits per heavy atom. The number of carbonyl (C=O) groups excluding carboxylic acids is 1. The molecule has 2 aromatic rings. The van der Waals surface area contributed by atoms with Gasteiger partial charge in [0, 0.05) is 17.5 Å². The van der Waals surface area contributed by atoms with Gasteiger partial charge in [-0.2, -0.15) is 0 Å². The molecule has 144 valence electrons. The molecule has 27 heavy (non-hydrogen) atoms. The van der Waals surface area contributed by atoms with Crippen molar-refractivity contribution in [2.75, 3.05) is 18.2 Å². The predicted molar refractivity (Wildman–Crippen MR) is 101 cm³/mol. The normalized spacial score (nSPS) is 11.0. The summed E-state index contributed by atoms with van der Waals surface area (Å²) in [7, 11) is -3.63. The summed E-state index contributed by atoms with van der Waals surface area (Å²) in [6.45, 7) is 2.66. The molecule has 1 amide bonds. The van der Waals surface area contributed by atoms with Crippen LogP contribution in [0.4, 0.5) is 5.69 Å². The molecule has 0 heterocycles. The molecule has 0 aliphatic carbocycles. The van der Waals surface area contributed by atoms with Crippen LogP contribution in [0.3, 0.4) is 0 Å². The van der Waals surface area contributed by atoms with Crippen LogP contribution in [0.1, 0.15) is 40.5 Å². The number of aromatic carboxylic acids is 1. The Labute approximate surface area is 157 Å². The van der Waals surface area contributed by atoms with Crippen LogP contribution in [-0.2, 0) is 9.84 Å². The maximum atomic E-state index is 12.4. The number of rotatable bonds is 8. The molecule has 7 nitrogen and oxygen atoms in total. The summed E-state index contributed by atoms with van der Waals surface area (Å²) in [4.78, 5) is 23.4. The fourth-order valence-electron chi connectivity index (χ4n) is 2.25. The number of sulfone groups is 1. The number of nitrogens with one attached hydrogen (secondary N) is 1. The SMILES string of the molecule is CCCCOc1ccc(C(=O)Nc2cc(C(=O)O)cc(S(C)(=O)=O)c2)cc1. The van der Waals surface area contributed by atoms with Gasteiger partial charge in [0.05, 0.1) is 17.1 Å². The molecule has 2 rings (SSSR count). The zero-order valence-electron chi connectivity index (χ0n) is 15.1. The summed E-state index contributed by atoms with van der Waals surface area (Å²) >= 11 is 0. The molecule has 0 aliphatic heterocycles. The van der Waals surface area contributed by atoms with Crippen molar-refractivity contribution in [2.24, 2.45) is 0 Å². The summed E-state index contributed by atoms with van der Waals surface area (Å²) in [5, 5.41) is 11.7. The lowest BCUT2D eigenvalue weighted by molar-refractivity contribution is 0.0696. The zero-order valence-corrected chi connectivity index (χ0v) is 15.9. The van der Waals surface area contributed by atoms with E-state index in [2.05, 4.69) is 12.2 Å². The van der Waals surface area contributed by atoms with Crippen molar-refractivity contribution in [3.05, 3.63) is 53.6 Å². The fraction of sp³-hybridized carbons (Fsp3) is 0.263. The average molecular weight is 391 g/mol. The summed E-state index contributed by atoms with van der Waals surface area (Å²) in [5.41, 5.74) is 0.191. The van der Waals surface area contributed by atoms with Crippen LogP contribution in [0.5, 0.6) is 5.75 Å². The van der Waals surface area contributed by atoms with E-state index in [1.165, 1.54) is 12.1 Å². The minimum atomic E-state index is -3.63. The van der Waals surface area contributed by atoms with Crippen LogP contribution in [-0.4, -0.2) is 38.3 Å². The van der Waals surface area contributed by atoms with Gasteiger partial charge < -0.3 is 15.2 Å². The van der Waals surface area contributed by atoms with E-state index in [1.54, 1.807) is 24.3 Å². The van der Waals surface area contributed by atoms with Gasteiger partial charge in [-0.3, -0.25) is 4.79 Å². The average Bonchev–Trinajstić information content (AvgIpc) is 2.61. The van der Waals surface area contributed by atoms with Crippen molar-refractivity contribution in [1.82, 2.24) is 0 Å². The Morgan fingerprint density at radius 1 is 1.07 bits per heavy atom. The first kappa shape index (κ1) is 20.4. The monoisotopic (exact) mass is 391 g/mol. The van der Waals surface area contributed by atoms with Gasteiger partial charge in [-0.05, 0) is 48.9 Å². The molecule has 0 radical (unpaired) electrons. The topological polar surface area (TPSA) is 110 Å². The third kappa shape index (κ3) is 5.82. The van der Waals surface area contributed by atoms with Gasteiger partial charge >= 0.3 is 5.97 Å². The number of amides is 1. The quantitative estimate of drug-likeness (QED) is 0.669. The number of hydrogen-bond acceptors (Lipinski definition) is 5. The maximum absolute atomic E-state index is 12.4. The highest BCUT2D eigenvalue weighted by molar-refractivity contribution is 7.90. The van der Waals surface area contributed by atoms with E-state index < -0.39 is 21.7 Å². The Morgan fingerprint density at radius 2 is 1.74 bits per heavy atom. The number of carboxylic acid groups (broad SMARTS) is 1. The van der Waals surface area contributed by atoms with E-state index in [1.807, 2.05) is 0 Å². The van der Waals surface area contributed by atoms with E-state index in [0.717, 1.165) is 25.2 Å². The summed E-state index contributed by atoms with van der Waals surface area (Å²) in [6, 6.07) is 9.97. The highest BCUT2D eigenvalue weighted by atomic mass is 32.2. The number of benzene rings is 2. The third-order valence-corrected chi connectivity index (χ3v) is 4.81. The number of carbonyl (C=O) groups is 2. The molecule has 0 aliphatic rings. The fourth-order valence-corrected chi connectivity index (χ4v) is 2.93. The van der Waals surface area contributed by atoms with Crippen molar-refractivity contribution < 1.29 is 27.9 Å². The van der Waals surface area contributed by atoms with Gasteiger partial charge in [-0.25, -0.2) is 13.2 Å². The zero-order chi connectivity index (χ0) is 20.0. The van der Waals surface area contributed by atoms with Crippen molar-refractivity contribution >= 4 is 27.4 Å². The smallest absolute Gasteiger partial charge is 0.335 e. The molecule has 0 bridgehead atoms. The Balaban J connectivity index is 2.19. The summed E-state index contributed by atoms with van der Waals surface area (Å²) in [6.07, 6.45) is 2.92. The second kappa shape index (κ2) is 8.68. The second-order valence-corrected chi connectivity index (χ2v) is 8.02. The van der Waals surface area contributed by atoms with E-state index >= 15 is 0 Å². The predicted octanol–water partition coefficient (Wildman–Crippen LogP) is 3.22. The standard InChI is InChI=1S/C19H21NO6S/c1-3-4-9-26-16-7-5-13(6-8-16)18(21)20-15-10-14(19(22)23)11-17(12-15)27(2,24)25/h5-8,10-12H,3-4,9H2,1-2H3,(H,20,21)(H,22,23). The molecule has 0 saturated carbocycles. The Kier molecular flexibility index (Phi) is 6.57. The van der Waals surface area contributed by atoms with Gasteiger partial charge in [0.25, 0.3) is 5.91 Å². The van der Waals surface area contributed by atoms with Crippen LogP contribution in [0.2, 0.25) is 0 Å². The molecule has 0 fully saturated rings. The van der Waals surface area contributed by atoms with Gasteiger partial charge in [-0.15, -0.1) is 0 Å². The Hall–Kier alpha value is -2.87. The number of hydrogen-bond donors (Lipinski definition) is 2. The molecule has 0 atom stereocenters. The first-order valence-electron chi connectivity index (χ1n) is 8.33. The second-order valence-electron chi connectivity index (χ2n) is 6.00. The molecule has 0 saturated heterocycles. The molecule has 0 aromatic heterocycles. The van der Waals surface area contributed by atoms with Gasteiger partial charge in [0.2, 0.25) is 0 Å². The molecule has 0 unspecified atom stereocenters. The minimum absolute atomic E-state index is 0.0867. The summed E-state index contributed by atoms with van der Waals surface area (Å²) in [5.74, 6) is -1.13. The van der Waals surface area contributed by atoms with Crippen LogP contribution in [0.15, 0.2) is 47.4 Å². The molecular formula is C19H21NO6S. The first-order chi connectivity index (χ1) is 12.7. The lowest BCUT2D eigenvalue weighted by Gasteiger charge is -2.10. The van der Waals surface area contributed by atoms with Crippen LogP contribution in [0, 0.1) is 0 Å². The maximum Gasteiger partial charge on any atom is 0.335 e. The van der Waals surface area contributed by atoms with E-state index in [0.29, 0.717) is 17.9 Å². The van der Waals surface area contributed by atoms with Crippen molar-refractivity contribution in [3.8, 4) is 5.75 Å². The molecular weight excluding hydrogens is 370 g/mol. The molecule has 0 spiro atoms. The van der Waals surface area contributed by atoms with Gasteiger partial charge in [0.1, 0.15) is 5.75 Å². The summed E-state index contributed by atoms with van der Waals surface area (Å²) < 4.78 is 29.0. The van der Waals surface area contributed by atoms with Gasteiger partial charge in [-0.1, -0.05) is 13.3 Å². The third-order valence-electron chi connectivity index (χ3n) is 3.72. The van der Waals surface area contributed by atoms with E-state index in [9.17, 15) is 18.0 Å². The van der Waals surface area contributed by atoms with Crippen molar-refractivity contribution in [2.45, 2.75) is 24.7 Å². The minimum Gasteiger partial charge on any atom is -0.494 e. The van der Waals surface area contributed by atoms with E-state index in [4.69, 9.17) is 9.84 Å². The first-order valence-corrected chi connectivity index (χ1v) is 10.2. The number of ether oxygens (including phenoxy) is 1. The Bertz CT molecular complexity index is 935. The lowest BCUT2D eigenvalue weighted by Crippen LogP contribution is -2.13. The molecule has 2 N–H and O–H groups in total. The van der Waals surface area contributed by atoms with Crippen molar-refractivity contribution in [3.63, 3.8) is 0 Å². The molecule has 2 aromatic carbocycles. The van der Waals surface area contributed by atoms with E-state index in [-0.39, 0.29) is 16.1 Å². The number of anilines is 1. The van der Waals surface area contributed by atoms with Gasteiger partial charge in [0.15, 0.2) is 9.84 Å².